The van der Waals surface area contributed by atoms with E-state index in [1.54, 1.807) is 0 Å². The van der Waals surface area contributed by atoms with Crippen LogP contribution in [0.5, 0.6) is 0 Å². The van der Waals surface area contributed by atoms with Gasteiger partial charge < -0.3 is 10.2 Å². The molecule has 0 bridgehead atoms. The molecule has 0 radical (unpaired) electrons. The lowest BCUT2D eigenvalue weighted by Gasteiger charge is -2.09. The average molecular weight is 260 g/mol. The zero-order valence-corrected chi connectivity index (χ0v) is 8.92. The molecule has 1 aromatic rings. The second-order valence-electron chi connectivity index (χ2n) is 3.04. The molecule has 0 unspecified atom stereocenters. The van der Waals surface area contributed by atoms with Crippen LogP contribution in [0.1, 0.15) is 11.5 Å². The molecule has 0 fully saturated rings. The molecule has 7 nitrogen and oxygen atoms in total. The lowest BCUT2D eigenvalue weighted by molar-refractivity contribution is -0.385. The first kappa shape index (κ1) is 12.9. The summed E-state index contributed by atoms with van der Waals surface area (Å²) in [6, 6.07) is 3.44. The SMILES string of the molecule is O=C(O)C(C(=O)O)c1c(Cl)cccc1[N+](=O)[O-]. The summed E-state index contributed by atoms with van der Waals surface area (Å²) < 4.78 is 0. The van der Waals surface area contributed by atoms with Crippen molar-refractivity contribution in [3.63, 3.8) is 0 Å². The number of hydrogen-bond donors (Lipinski definition) is 2. The lowest BCUT2D eigenvalue weighted by Crippen LogP contribution is -2.22. The van der Waals surface area contributed by atoms with Gasteiger partial charge in [0.2, 0.25) is 0 Å². The van der Waals surface area contributed by atoms with Gasteiger partial charge in [0.15, 0.2) is 5.92 Å². The van der Waals surface area contributed by atoms with E-state index in [1.165, 1.54) is 12.1 Å². The first-order chi connectivity index (χ1) is 7.86. The highest BCUT2D eigenvalue weighted by molar-refractivity contribution is 6.32. The minimum Gasteiger partial charge on any atom is -0.480 e. The molecule has 0 saturated heterocycles. The topological polar surface area (TPSA) is 118 Å². The molecule has 17 heavy (non-hydrogen) atoms. The fourth-order valence-corrected chi connectivity index (χ4v) is 1.60. The molecule has 0 heterocycles. The average Bonchev–Trinajstić information content (AvgIpc) is 2.19. The Morgan fingerprint density at radius 3 is 2.24 bits per heavy atom. The van der Waals surface area contributed by atoms with Crippen molar-refractivity contribution in [1.82, 2.24) is 0 Å². The summed E-state index contributed by atoms with van der Waals surface area (Å²) in [5.74, 6) is -5.49. The third-order valence-corrected chi connectivity index (χ3v) is 2.34. The van der Waals surface area contributed by atoms with E-state index in [-0.39, 0.29) is 5.02 Å². The molecule has 8 heteroatoms. The maximum atomic E-state index is 10.8. The largest absolute Gasteiger partial charge is 0.480 e. The number of nitro benzene ring substituents is 1. The van der Waals surface area contributed by atoms with Crippen molar-refractivity contribution >= 4 is 29.2 Å². The van der Waals surface area contributed by atoms with E-state index < -0.39 is 34.0 Å². The molecule has 0 spiro atoms. The Morgan fingerprint density at radius 1 is 1.29 bits per heavy atom. The highest BCUT2D eigenvalue weighted by atomic mass is 35.5. The molecular weight excluding hydrogens is 254 g/mol. The predicted molar refractivity (Wildman–Crippen MR) is 56.1 cm³/mol. The Bertz CT molecular complexity index is 486. The molecule has 0 aliphatic heterocycles. The molecule has 0 aliphatic carbocycles. The monoisotopic (exact) mass is 259 g/mol. The van der Waals surface area contributed by atoms with Crippen LogP contribution in [0.2, 0.25) is 5.02 Å². The molecule has 0 saturated carbocycles. The normalized spacial score (nSPS) is 10.2. The minimum atomic E-state index is -2.07. The van der Waals surface area contributed by atoms with E-state index in [0.29, 0.717) is 0 Å². The van der Waals surface area contributed by atoms with Crippen LogP contribution in [-0.4, -0.2) is 27.1 Å². The number of carboxylic acids is 2. The number of nitro groups is 1. The number of carboxylic acid groups (broad SMARTS) is 2. The van der Waals surface area contributed by atoms with Gasteiger partial charge in [0, 0.05) is 6.07 Å². The summed E-state index contributed by atoms with van der Waals surface area (Å²) in [5.41, 5.74) is -1.16. The van der Waals surface area contributed by atoms with Gasteiger partial charge in [-0.15, -0.1) is 0 Å². The van der Waals surface area contributed by atoms with Gasteiger partial charge >= 0.3 is 11.9 Å². The van der Waals surface area contributed by atoms with Crippen molar-refractivity contribution in [2.75, 3.05) is 0 Å². The van der Waals surface area contributed by atoms with Gasteiger partial charge in [0.1, 0.15) is 0 Å². The number of benzene rings is 1. The Kier molecular flexibility index (Phi) is 3.64. The van der Waals surface area contributed by atoms with Crippen molar-refractivity contribution < 1.29 is 24.7 Å². The Labute approximate surface area is 99.4 Å². The standard InChI is InChI=1S/C9H6ClNO6/c10-4-2-1-3-5(11(16)17)6(4)7(8(12)13)9(14)15/h1-3,7H,(H,12,13)(H,14,15). The van der Waals surface area contributed by atoms with Crippen LogP contribution < -0.4 is 0 Å². The minimum absolute atomic E-state index is 0.269. The van der Waals surface area contributed by atoms with Gasteiger partial charge in [0.25, 0.3) is 5.69 Å². The molecule has 0 aliphatic rings. The molecule has 90 valence electrons. The predicted octanol–water partition coefficient (Wildman–Crippen LogP) is 1.50. The van der Waals surface area contributed by atoms with E-state index in [0.717, 1.165) is 6.07 Å². The van der Waals surface area contributed by atoms with E-state index in [9.17, 15) is 19.7 Å². The van der Waals surface area contributed by atoms with Crippen LogP contribution in [0.4, 0.5) is 5.69 Å². The van der Waals surface area contributed by atoms with E-state index in [1.807, 2.05) is 0 Å². The Balaban J connectivity index is 3.51. The fraction of sp³-hybridized carbons (Fsp3) is 0.111. The molecule has 1 rings (SSSR count). The summed E-state index contributed by atoms with van der Waals surface area (Å²) in [6.45, 7) is 0. The summed E-state index contributed by atoms with van der Waals surface area (Å²) >= 11 is 5.63. The van der Waals surface area contributed by atoms with Crippen LogP contribution in [0.3, 0.4) is 0 Å². The van der Waals surface area contributed by atoms with Crippen LogP contribution in [0, 0.1) is 10.1 Å². The van der Waals surface area contributed by atoms with Gasteiger partial charge in [-0.1, -0.05) is 17.7 Å². The summed E-state index contributed by atoms with van der Waals surface area (Å²) in [6.07, 6.45) is 0. The van der Waals surface area contributed by atoms with E-state index in [4.69, 9.17) is 21.8 Å². The third kappa shape index (κ3) is 2.51. The zero-order valence-electron chi connectivity index (χ0n) is 8.16. The number of aliphatic carboxylic acids is 2. The molecule has 0 aromatic heterocycles. The van der Waals surface area contributed by atoms with Crippen LogP contribution >= 0.6 is 11.6 Å². The zero-order chi connectivity index (χ0) is 13.2. The molecule has 0 amide bonds. The van der Waals surface area contributed by atoms with Gasteiger partial charge in [0.05, 0.1) is 15.5 Å². The molecule has 0 atom stereocenters. The van der Waals surface area contributed by atoms with Crippen molar-refractivity contribution in [3.05, 3.63) is 38.9 Å². The quantitative estimate of drug-likeness (QED) is 0.480. The Morgan fingerprint density at radius 2 is 1.82 bits per heavy atom. The van der Waals surface area contributed by atoms with Gasteiger partial charge in [-0.3, -0.25) is 19.7 Å². The van der Waals surface area contributed by atoms with E-state index >= 15 is 0 Å². The number of halogens is 1. The summed E-state index contributed by atoms with van der Waals surface area (Å²) in [7, 11) is 0. The van der Waals surface area contributed by atoms with Gasteiger partial charge in [-0.25, -0.2) is 0 Å². The van der Waals surface area contributed by atoms with Crippen molar-refractivity contribution in [2.45, 2.75) is 5.92 Å². The molecule has 2 N–H and O–H groups in total. The lowest BCUT2D eigenvalue weighted by atomic mass is 9.97. The first-order valence-corrected chi connectivity index (χ1v) is 4.62. The number of nitrogens with zero attached hydrogens (tertiary/aromatic N) is 1. The van der Waals surface area contributed by atoms with Crippen LogP contribution in [0.25, 0.3) is 0 Å². The molecule has 1 aromatic carbocycles. The van der Waals surface area contributed by atoms with Crippen molar-refractivity contribution in [2.24, 2.45) is 0 Å². The van der Waals surface area contributed by atoms with Crippen molar-refractivity contribution in [1.29, 1.82) is 0 Å². The Hall–Kier alpha value is -2.15. The highest BCUT2D eigenvalue weighted by Gasteiger charge is 2.36. The van der Waals surface area contributed by atoms with Crippen LogP contribution in [0.15, 0.2) is 18.2 Å². The summed E-state index contributed by atoms with van der Waals surface area (Å²) in [4.78, 5) is 31.4. The maximum Gasteiger partial charge on any atom is 0.322 e. The first-order valence-electron chi connectivity index (χ1n) is 4.24. The number of hydrogen-bond acceptors (Lipinski definition) is 4. The number of rotatable bonds is 4. The van der Waals surface area contributed by atoms with E-state index in [2.05, 4.69) is 0 Å². The van der Waals surface area contributed by atoms with Crippen LogP contribution in [-0.2, 0) is 9.59 Å². The third-order valence-electron chi connectivity index (χ3n) is 2.01. The fourth-order valence-electron chi connectivity index (χ4n) is 1.32. The maximum absolute atomic E-state index is 10.8. The molecular formula is C9H6ClNO6. The van der Waals surface area contributed by atoms with Gasteiger partial charge in [-0.05, 0) is 6.07 Å². The van der Waals surface area contributed by atoms with Crippen molar-refractivity contribution in [3.8, 4) is 0 Å². The highest BCUT2D eigenvalue weighted by Crippen LogP contribution is 2.33. The second-order valence-corrected chi connectivity index (χ2v) is 3.45. The smallest absolute Gasteiger partial charge is 0.322 e. The summed E-state index contributed by atoms with van der Waals surface area (Å²) in [5, 5.41) is 27.9. The number of carbonyl (C=O) groups is 2. The second kappa shape index (κ2) is 4.79. The van der Waals surface area contributed by atoms with Gasteiger partial charge in [-0.2, -0.15) is 0 Å².